The van der Waals surface area contributed by atoms with Crippen molar-refractivity contribution in [1.82, 2.24) is 4.90 Å². The highest BCUT2D eigenvalue weighted by Gasteiger charge is 2.36. The lowest BCUT2D eigenvalue weighted by Gasteiger charge is -2.14. The topological polar surface area (TPSA) is 89.7 Å². The molecule has 2 aromatic carbocycles. The van der Waals surface area contributed by atoms with Crippen molar-refractivity contribution in [1.29, 1.82) is 0 Å². The van der Waals surface area contributed by atoms with Gasteiger partial charge in [0.15, 0.2) is 6.61 Å². The van der Waals surface area contributed by atoms with E-state index < -0.39 is 22.9 Å². The molecule has 0 radical (unpaired) electrons. The normalized spacial score (nSPS) is 15.4. The summed E-state index contributed by atoms with van der Waals surface area (Å²) in [5, 5.41) is -0.403. The van der Waals surface area contributed by atoms with Gasteiger partial charge in [-0.25, -0.2) is 4.39 Å². The Kier molecular flexibility index (Phi) is 6.01. The third kappa shape index (κ3) is 4.35. The Morgan fingerprint density at radius 3 is 2.68 bits per heavy atom. The van der Waals surface area contributed by atoms with Gasteiger partial charge in [-0.3, -0.25) is 19.3 Å². The molecule has 1 fully saturated rings. The van der Waals surface area contributed by atoms with Crippen LogP contribution in [0.25, 0.3) is 6.08 Å². The van der Waals surface area contributed by atoms with Crippen molar-refractivity contribution in [3.63, 3.8) is 0 Å². The fourth-order valence-electron chi connectivity index (χ4n) is 2.50. The maximum atomic E-state index is 14.0. The van der Waals surface area contributed by atoms with Gasteiger partial charge < -0.3 is 10.5 Å². The van der Waals surface area contributed by atoms with Gasteiger partial charge in [0.05, 0.1) is 11.4 Å². The molecule has 6 nitrogen and oxygen atoms in total. The first-order valence-corrected chi connectivity index (χ1v) is 9.24. The van der Waals surface area contributed by atoms with Crippen molar-refractivity contribution in [2.45, 2.75) is 6.54 Å². The largest absolute Gasteiger partial charge is 0.483 e. The Morgan fingerprint density at radius 1 is 1.21 bits per heavy atom. The first-order valence-electron chi connectivity index (χ1n) is 8.05. The number of benzene rings is 2. The van der Waals surface area contributed by atoms with Crippen molar-refractivity contribution in [2.75, 3.05) is 6.61 Å². The molecule has 0 bridgehead atoms. The van der Waals surface area contributed by atoms with E-state index >= 15 is 0 Å². The van der Waals surface area contributed by atoms with E-state index in [1.807, 2.05) is 0 Å². The van der Waals surface area contributed by atoms with Gasteiger partial charge in [0.1, 0.15) is 11.6 Å². The van der Waals surface area contributed by atoms with Crippen molar-refractivity contribution >= 4 is 46.5 Å². The highest BCUT2D eigenvalue weighted by atomic mass is 35.5. The number of nitrogens with zero attached hydrogens (tertiary/aromatic N) is 1. The Morgan fingerprint density at radius 2 is 1.96 bits per heavy atom. The van der Waals surface area contributed by atoms with Crippen LogP contribution < -0.4 is 10.5 Å². The van der Waals surface area contributed by atoms with Gasteiger partial charge >= 0.3 is 0 Å². The van der Waals surface area contributed by atoms with E-state index in [2.05, 4.69) is 0 Å². The molecule has 1 heterocycles. The molecule has 0 aromatic heterocycles. The molecule has 2 aromatic rings. The molecule has 1 saturated heterocycles. The van der Waals surface area contributed by atoms with Crippen molar-refractivity contribution in [3.8, 4) is 5.75 Å². The first-order chi connectivity index (χ1) is 13.4. The molecule has 144 valence electrons. The molecule has 2 N–H and O–H groups in total. The highest BCUT2D eigenvalue weighted by Crippen LogP contribution is 2.35. The second-order valence-electron chi connectivity index (χ2n) is 5.76. The van der Waals surface area contributed by atoms with Gasteiger partial charge in [-0.1, -0.05) is 35.9 Å². The molecule has 0 atom stereocenters. The van der Waals surface area contributed by atoms with E-state index in [0.29, 0.717) is 11.3 Å². The van der Waals surface area contributed by atoms with Crippen LogP contribution in [-0.2, 0) is 16.1 Å². The number of carbonyl (C=O) groups excluding carboxylic acids is 3. The third-order valence-corrected chi connectivity index (χ3v) is 5.09. The maximum Gasteiger partial charge on any atom is 0.293 e. The summed E-state index contributed by atoms with van der Waals surface area (Å²) >= 11 is 6.71. The summed E-state index contributed by atoms with van der Waals surface area (Å²) in [5.74, 6) is -1.47. The number of rotatable bonds is 6. The molecule has 1 aliphatic heterocycles. The summed E-state index contributed by atoms with van der Waals surface area (Å²) in [6.07, 6.45) is 1.48. The fraction of sp³-hybridized carbons (Fsp3) is 0.105. The SMILES string of the molecule is NC(=O)COc1ccccc1/C=C1/SC(=O)N(Cc2c(F)cccc2Cl)C1=O. The number of nitrogens with two attached hydrogens (primary N) is 1. The Labute approximate surface area is 169 Å². The Hall–Kier alpha value is -2.84. The number of halogens is 2. The quantitative estimate of drug-likeness (QED) is 0.721. The number of para-hydroxylation sites is 1. The van der Waals surface area contributed by atoms with E-state index in [0.717, 1.165) is 16.7 Å². The van der Waals surface area contributed by atoms with Crippen LogP contribution in [0.4, 0.5) is 9.18 Å². The summed E-state index contributed by atoms with van der Waals surface area (Å²) in [4.78, 5) is 36.9. The molecule has 0 spiro atoms. The molecular formula is C19H14ClFN2O4S. The van der Waals surface area contributed by atoms with E-state index in [4.69, 9.17) is 22.1 Å². The van der Waals surface area contributed by atoms with Crippen LogP contribution >= 0.6 is 23.4 Å². The molecule has 28 heavy (non-hydrogen) atoms. The number of carbonyl (C=O) groups is 3. The van der Waals surface area contributed by atoms with Gasteiger partial charge in [0.2, 0.25) is 0 Å². The minimum Gasteiger partial charge on any atom is -0.483 e. The molecule has 3 rings (SSSR count). The minimum atomic E-state index is -0.642. The third-order valence-electron chi connectivity index (χ3n) is 3.83. The zero-order valence-electron chi connectivity index (χ0n) is 14.4. The summed E-state index contributed by atoms with van der Waals surface area (Å²) in [6, 6.07) is 10.8. The van der Waals surface area contributed by atoms with Crippen LogP contribution in [0.1, 0.15) is 11.1 Å². The van der Waals surface area contributed by atoms with E-state index in [9.17, 15) is 18.8 Å². The van der Waals surface area contributed by atoms with Crippen LogP contribution in [-0.4, -0.2) is 28.6 Å². The average molecular weight is 421 g/mol. The van der Waals surface area contributed by atoms with Gasteiger partial charge in [0.25, 0.3) is 17.1 Å². The lowest BCUT2D eigenvalue weighted by molar-refractivity contribution is -0.123. The Balaban J connectivity index is 1.85. The number of hydrogen-bond acceptors (Lipinski definition) is 5. The first kappa shape index (κ1) is 19.9. The number of ether oxygens (including phenoxy) is 1. The zero-order valence-corrected chi connectivity index (χ0v) is 15.9. The number of amides is 3. The van der Waals surface area contributed by atoms with Gasteiger partial charge in [-0.05, 0) is 36.0 Å². The fourth-order valence-corrected chi connectivity index (χ4v) is 3.55. The van der Waals surface area contributed by atoms with Crippen LogP contribution in [0.15, 0.2) is 47.4 Å². The predicted molar refractivity (Wildman–Crippen MR) is 104 cm³/mol. The van der Waals surface area contributed by atoms with E-state index in [1.165, 1.54) is 24.3 Å². The predicted octanol–water partition coefficient (Wildman–Crippen LogP) is 3.58. The smallest absolute Gasteiger partial charge is 0.293 e. The van der Waals surface area contributed by atoms with Crippen molar-refractivity contribution in [3.05, 3.63) is 69.3 Å². The second kappa shape index (κ2) is 8.45. The highest BCUT2D eigenvalue weighted by molar-refractivity contribution is 8.18. The standard InChI is InChI=1S/C19H14ClFN2O4S/c20-13-5-3-6-14(21)12(13)9-23-18(25)16(28-19(23)26)8-11-4-1-2-7-15(11)27-10-17(22)24/h1-8H,9-10H2,(H2,22,24)/b16-8+. The lowest BCUT2D eigenvalue weighted by Crippen LogP contribution is -2.28. The van der Waals surface area contributed by atoms with Crippen molar-refractivity contribution in [2.24, 2.45) is 5.73 Å². The molecule has 0 unspecified atom stereocenters. The number of primary amides is 1. The van der Waals surface area contributed by atoms with E-state index in [1.54, 1.807) is 24.3 Å². The van der Waals surface area contributed by atoms with Gasteiger partial charge in [0, 0.05) is 16.1 Å². The van der Waals surface area contributed by atoms with Crippen LogP contribution in [0.3, 0.4) is 0 Å². The van der Waals surface area contributed by atoms with Crippen LogP contribution in [0.2, 0.25) is 5.02 Å². The second-order valence-corrected chi connectivity index (χ2v) is 7.16. The Bertz CT molecular complexity index is 975. The molecular weight excluding hydrogens is 407 g/mol. The monoisotopic (exact) mass is 420 g/mol. The molecule has 0 aliphatic carbocycles. The van der Waals surface area contributed by atoms with Gasteiger partial charge in [-0.15, -0.1) is 0 Å². The summed E-state index contributed by atoms with van der Waals surface area (Å²) < 4.78 is 19.3. The van der Waals surface area contributed by atoms with Gasteiger partial charge in [-0.2, -0.15) is 0 Å². The van der Waals surface area contributed by atoms with Crippen LogP contribution in [0.5, 0.6) is 5.75 Å². The lowest BCUT2D eigenvalue weighted by atomic mass is 10.1. The number of hydrogen-bond donors (Lipinski definition) is 1. The molecule has 1 aliphatic rings. The maximum absolute atomic E-state index is 14.0. The zero-order chi connectivity index (χ0) is 20.3. The summed E-state index contributed by atoms with van der Waals surface area (Å²) in [7, 11) is 0. The molecule has 0 saturated carbocycles. The molecule has 3 amide bonds. The van der Waals surface area contributed by atoms with Crippen LogP contribution in [0, 0.1) is 5.82 Å². The minimum absolute atomic E-state index is 0.0675. The van der Waals surface area contributed by atoms with Crippen molar-refractivity contribution < 1.29 is 23.5 Å². The van der Waals surface area contributed by atoms with E-state index in [-0.39, 0.29) is 28.6 Å². The average Bonchev–Trinajstić information content (AvgIpc) is 2.91. The summed E-state index contributed by atoms with van der Waals surface area (Å²) in [6.45, 7) is -0.592. The number of imide groups is 1. The number of thioether (sulfide) groups is 1. The molecule has 9 heteroatoms. The summed E-state index contributed by atoms with van der Waals surface area (Å²) in [5.41, 5.74) is 5.65.